The summed E-state index contributed by atoms with van der Waals surface area (Å²) in [6.07, 6.45) is 5.40. The van der Waals surface area contributed by atoms with Gasteiger partial charge in [0.2, 0.25) is 5.95 Å². The van der Waals surface area contributed by atoms with Gasteiger partial charge in [-0.2, -0.15) is 0 Å². The number of halogens is 2. The quantitative estimate of drug-likeness (QED) is 0.810. The zero-order valence-electron chi connectivity index (χ0n) is 13.1. The van der Waals surface area contributed by atoms with Crippen molar-refractivity contribution >= 4 is 42.4 Å². The third-order valence-electron chi connectivity index (χ3n) is 3.80. The number of rotatable bonds is 3. The number of carbonyl (C=O) groups excluding carboxylic acids is 1. The van der Waals surface area contributed by atoms with E-state index in [1.807, 2.05) is 12.1 Å². The SMILES string of the molecule is Cl.Cl.Nc1ccccc1C(=O)NC1CCCN(c2ncccn2)C1. The summed E-state index contributed by atoms with van der Waals surface area (Å²) in [6, 6.07) is 8.98. The van der Waals surface area contributed by atoms with E-state index in [9.17, 15) is 4.79 Å². The Kier molecular flexibility index (Phi) is 7.74. The summed E-state index contributed by atoms with van der Waals surface area (Å²) < 4.78 is 0. The molecule has 1 aliphatic rings. The van der Waals surface area contributed by atoms with Gasteiger partial charge < -0.3 is 16.0 Å². The van der Waals surface area contributed by atoms with E-state index in [0.717, 1.165) is 19.4 Å². The molecule has 8 heteroatoms. The van der Waals surface area contributed by atoms with Gasteiger partial charge in [0.15, 0.2) is 0 Å². The maximum atomic E-state index is 12.3. The van der Waals surface area contributed by atoms with Gasteiger partial charge >= 0.3 is 0 Å². The number of anilines is 2. The Bertz CT molecular complexity index is 656. The first kappa shape index (κ1) is 20.0. The van der Waals surface area contributed by atoms with Crippen molar-refractivity contribution in [3.8, 4) is 0 Å². The molecule has 0 spiro atoms. The lowest BCUT2D eigenvalue weighted by Crippen LogP contribution is -2.48. The number of benzene rings is 1. The second-order valence-electron chi connectivity index (χ2n) is 5.39. The minimum Gasteiger partial charge on any atom is -0.398 e. The number of carbonyl (C=O) groups is 1. The van der Waals surface area contributed by atoms with Gasteiger partial charge in [0.25, 0.3) is 5.91 Å². The molecule has 0 bridgehead atoms. The van der Waals surface area contributed by atoms with E-state index >= 15 is 0 Å². The molecule has 1 fully saturated rings. The van der Waals surface area contributed by atoms with E-state index in [0.29, 0.717) is 23.7 Å². The number of aromatic nitrogens is 2. The summed E-state index contributed by atoms with van der Waals surface area (Å²) in [6.45, 7) is 1.62. The lowest BCUT2D eigenvalue weighted by atomic mass is 10.0. The third kappa shape index (κ3) is 4.72. The lowest BCUT2D eigenvalue weighted by Gasteiger charge is -2.33. The van der Waals surface area contributed by atoms with E-state index in [4.69, 9.17) is 5.73 Å². The summed E-state index contributed by atoms with van der Waals surface area (Å²) in [4.78, 5) is 23.0. The van der Waals surface area contributed by atoms with Gasteiger partial charge in [0.1, 0.15) is 0 Å². The predicted octanol–water partition coefficient (Wildman–Crippen LogP) is 2.30. The highest BCUT2D eigenvalue weighted by Gasteiger charge is 2.23. The van der Waals surface area contributed by atoms with Crippen LogP contribution in [0, 0.1) is 0 Å². The van der Waals surface area contributed by atoms with Crippen molar-refractivity contribution in [3.63, 3.8) is 0 Å². The third-order valence-corrected chi connectivity index (χ3v) is 3.80. The summed E-state index contributed by atoms with van der Waals surface area (Å²) >= 11 is 0. The molecule has 1 atom stereocenters. The summed E-state index contributed by atoms with van der Waals surface area (Å²) in [5, 5.41) is 3.06. The van der Waals surface area contributed by atoms with Crippen molar-refractivity contribution in [1.82, 2.24) is 15.3 Å². The number of nitrogens with two attached hydrogens (primary N) is 1. The minimum absolute atomic E-state index is 0. The van der Waals surface area contributed by atoms with Crippen LogP contribution in [0.2, 0.25) is 0 Å². The van der Waals surface area contributed by atoms with Crippen LogP contribution in [0.25, 0.3) is 0 Å². The fourth-order valence-electron chi connectivity index (χ4n) is 2.70. The smallest absolute Gasteiger partial charge is 0.253 e. The van der Waals surface area contributed by atoms with Crippen molar-refractivity contribution in [2.24, 2.45) is 0 Å². The Balaban J connectivity index is 0.00000144. The minimum atomic E-state index is -0.126. The fraction of sp³-hybridized carbons (Fsp3) is 0.312. The Morgan fingerprint density at radius 2 is 1.88 bits per heavy atom. The molecular formula is C16H21Cl2N5O. The number of hydrogen-bond acceptors (Lipinski definition) is 5. The first-order valence-electron chi connectivity index (χ1n) is 7.41. The van der Waals surface area contributed by atoms with Gasteiger partial charge in [0.05, 0.1) is 5.56 Å². The van der Waals surface area contributed by atoms with Gasteiger partial charge in [-0.05, 0) is 31.0 Å². The van der Waals surface area contributed by atoms with Crippen molar-refractivity contribution in [3.05, 3.63) is 48.3 Å². The molecule has 24 heavy (non-hydrogen) atoms. The molecule has 130 valence electrons. The van der Waals surface area contributed by atoms with Gasteiger partial charge in [-0.3, -0.25) is 4.79 Å². The van der Waals surface area contributed by atoms with E-state index in [1.54, 1.807) is 30.6 Å². The molecule has 0 saturated carbocycles. The average molecular weight is 370 g/mol. The van der Waals surface area contributed by atoms with Crippen LogP contribution in [0.5, 0.6) is 0 Å². The molecule has 1 saturated heterocycles. The molecular weight excluding hydrogens is 349 g/mol. The molecule has 3 N–H and O–H groups in total. The van der Waals surface area contributed by atoms with E-state index in [2.05, 4.69) is 20.2 Å². The first-order chi connectivity index (χ1) is 10.7. The summed E-state index contributed by atoms with van der Waals surface area (Å²) in [5.41, 5.74) is 6.88. The highest BCUT2D eigenvalue weighted by atomic mass is 35.5. The largest absolute Gasteiger partial charge is 0.398 e. The van der Waals surface area contributed by atoms with E-state index < -0.39 is 0 Å². The molecule has 1 amide bonds. The van der Waals surface area contributed by atoms with Crippen LogP contribution in [0.3, 0.4) is 0 Å². The fourth-order valence-corrected chi connectivity index (χ4v) is 2.70. The molecule has 1 unspecified atom stereocenters. The number of nitrogens with one attached hydrogen (secondary N) is 1. The molecule has 0 aliphatic carbocycles. The number of para-hydroxylation sites is 1. The Morgan fingerprint density at radius 1 is 1.17 bits per heavy atom. The van der Waals surface area contributed by atoms with Crippen LogP contribution in [-0.4, -0.2) is 35.0 Å². The topological polar surface area (TPSA) is 84.1 Å². The maximum absolute atomic E-state index is 12.3. The highest BCUT2D eigenvalue weighted by molar-refractivity contribution is 5.99. The highest BCUT2D eigenvalue weighted by Crippen LogP contribution is 2.16. The molecule has 2 heterocycles. The van der Waals surface area contributed by atoms with Crippen molar-refractivity contribution < 1.29 is 4.79 Å². The predicted molar refractivity (Wildman–Crippen MR) is 100 cm³/mol. The number of amides is 1. The molecule has 1 aromatic heterocycles. The van der Waals surface area contributed by atoms with E-state index in [1.165, 1.54) is 0 Å². The van der Waals surface area contributed by atoms with Gasteiger partial charge in [-0.1, -0.05) is 12.1 Å². The van der Waals surface area contributed by atoms with Gasteiger partial charge in [0, 0.05) is 37.2 Å². The van der Waals surface area contributed by atoms with Crippen molar-refractivity contribution in [1.29, 1.82) is 0 Å². The van der Waals surface area contributed by atoms with Crippen LogP contribution < -0.4 is 16.0 Å². The zero-order valence-corrected chi connectivity index (χ0v) is 14.7. The molecule has 1 aliphatic heterocycles. The van der Waals surface area contributed by atoms with Gasteiger partial charge in [-0.15, -0.1) is 24.8 Å². The Morgan fingerprint density at radius 3 is 2.58 bits per heavy atom. The number of piperidine rings is 1. The van der Waals surface area contributed by atoms with Crippen LogP contribution in [0.1, 0.15) is 23.2 Å². The first-order valence-corrected chi connectivity index (χ1v) is 7.41. The Hall–Kier alpha value is -2.05. The molecule has 3 rings (SSSR count). The van der Waals surface area contributed by atoms with Crippen molar-refractivity contribution in [2.75, 3.05) is 23.7 Å². The molecule has 1 aromatic carbocycles. The van der Waals surface area contributed by atoms with Crippen LogP contribution in [-0.2, 0) is 0 Å². The normalized spacial score (nSPS) is 16.5. The van der Waals surface area contributed by atoms with Crippen molar-refractivity contribution in [2.45, 2.75) is 18.9 Å². The van der Waals surface area contributed by atoms with Crippen LogP contribution in [0.15, 0.2) is 42.7 Å². The second-order valence-corrected chi connectivity index (χ2v) is 5.39. The zero-order chi connectivity index (χ0) is 15.4. The standard InChI is InChI=1S/C16H19N5O.2ClH/c17-14-7-2-1-6-13(14)15(22)20-12-5-3-10-21(11-12)16-18-8-4-9-19-16;;/h1-2,4,6-9,12H,3,5,10-11,17H2,(H,20,22);2*1H. The van der Waals surface area contributed by atoms with Crippen LogP contribution in [0.4, 0.5) is 11.6 Å². The molecule has 2 aromatic rings. The number of nitrogen functional groups attached to an aromatic ring is 1. The van der Waals surface area contributed by atoms with E-state index in [-0.39, 0.29) is 36.8 Å². The molecule has 6 nitrogen and oxygen atoms in total. The summed E-state index contributed by atoms with van der Waals surface area (Å²) in [5.74, 6) is 0.583. The average Bonchev–Trinajstić information content (AvgIpc) is 2.56. The monoisotopic (exact) mass is 369 g/mol. The second kappa shape index (κ2) is 9.30. The summed E-state index contributed by atoms with van der Waals surface area (Å²) in [7, 11) is 0. The Labute approximate surface area is 153 Å². The number of nitrogens with zero attached hydrogens (tertiary/aromatic N) is 3. The molecule has 0 radical (unpaired) electrons. The maximum Gasteiger partial charge on any atom is 0.253 e. The lowest BCUT2D eigenvalue weighted by molar-refractivity contribution is 0.0934. The van der Waals surface area contributed by atoms with Gasteiger partial charge in [-0.25, -0.2) is 9.97 Å². The van der Waals surface area contributed by atoms with Crippen LogP contribution >= 0.6 is 24.8 Å². The number of hydrogen-bond donors (Lipinski definition) is 2.